The number of hydrogen-bond acceptors (Lipinski definition) is 5. The number of likely N-dealkylation sites (N-methyl/N-ethyl adjacent to an activating group) is 1. The molecule has 0 bridgehead atoms. The lowest BCUT2D eigenvalue weighted by molar-refractivity contribution is -0.121. The molecule has 2 N–H and O–H groups in total. The van der Waals surface area contributed by atoms with E-state index in [0.29, 0.717) is 6.54 Å². The van der Waals surface area contributed by atoms with Crippen molar-refractivity contribution in [1.82, 2.24) is 14.9 Å². The Morgan fingerprint density at radius 1 is 1.19 bits per heavy atom. The second-order valence-corrected chi connectivity index (χ2v) is 9.28. The molecule has 1 atom stereocenters. The fraction of sp³-hybridized carbons (Fsp3) is 0.421. The summed E-state index contributed by atoms with van der Waals surface area (Å²) in [7, 11) is 0.317. The van der Waals surface area contributed by atoms with Gasteiger partial charge in [0.25, 0.3) is 0 Å². The zero-order chi connectivity index (χ0) is 20.0. The van der Waals surface area contributed by atoms with Crippen LogP contribution >= 0.6 is 11.3 Å². The van der Waals surface area contributed by atoms with E-state index in [1.165, 1.54) is 0 Å². The summed E-state index contributed by atoms with van der Waals surface area (Å²) >= 11 is 1.62. The lowest BCUT2D eigenvalue weighted by Crippen LogP contribution is -2.36. The zero-order valence-corrected chi connectivity index (χ0v) is 17.8. The maximum absolute atomic E-state index is 12.3. The molecule has 6 nitrogen and oxygen atoms in total. The third-order valence-corrected chi connectivity index (χ3v) is 6.64. The van der Waals surface area contributed by atoms with Gasteiger partial charge in [-0.2, -0.15) is 11.3 Å². The summed E-state index contributed by atoms with van der Waals surface area (Å²) in [6.45, 7) is 4.34. The Balaban J connectivity index is 1.83. The Labute approximate surface area is 165 Å². The van der Waals surface area contributed by atoms with Gasteiger partial charge >= 0.3 is 0 Å². The van der Waals surface area contributed by atoms with Gasteiger partial charge in [0, 0.05) is 19.5 Å². The standard InChI is InChI=1S/C19H27N3O3S2/c1-14-5-6-17(11-15(14)2)27(24,25)21-9-7-19(23)20-12-18(22(3)4)16-8-10-26-13-16/h5-6,8,10-11,13,18,21H,7,9,12H2,1-4H3,(H,20,23). The van der Waals surface area contributed by atoms with Gasteiger partial charge in [0.15, 0.2) is 0 Å². The second-order valence-electron chi connectivity index (χ2n) is 6.73. The van der Waals surface area contributed by atoms with Crippen molar-refractivity contribution in [3.63, 3.8) is 0 Å². The number of amides is 1. The maximum atomic E-state index is 12.3. The molecule has 0 saturated heterocycles. The molecule has 27 heavy (non-hydrogen) atoms. The topological polar surface area (TPSA) is 78.5 Å². The molecule has 1 amide bonds. The summed E-state index contributed by atoms with van der Waals surface area (Å²) in [4.78, 5) is 14.4. The van der Waals surface area contributed by atoms with Crippen LogP contribution in [0.15, 0.2) is 39.9 Å². The number of hydrogen-bond donors (Lipinski definition) is 2. The Morgan fingerprint density at radius 3 is 2.52 bits per heavy atom. The number of carbonyl (C=O) groups excluding carboxylic acids is 1. The molecule has 2 aromatic rings. The van der Waals surface area contributed by atoms with Crippen molar-refractivity contribution >= 4 is 27.3 Å². The van der Waals surface area contributed by atoms with Crippen molar-refractivity contribution in [3.8, 4) is 0 Å². The quantitative estimate of drug-likeness (QED) is 0.667. The molecule has 0 aliphatic heterocycles. The summed E-state index contributed by atoms with van der Waals surface area (Å²) < 4.78 is 27.2. The highest BCUT2D eigenvalue weighted by Gasteiger charge is 2.17. The molecule has 1 aromatic heterocycles. The smallest absolute Gasteiger partial charge is 0.240 e. The first-order valence-electron chi connectivity index (χ1n) is 8.73. The Hall–Kier alpha value is -1.74. The van der Waals surface area contributed by atoms with Gasteiger partial charge in [-0.1, -0.05) is 6.07 Å². The van der Waals surface area contributed by atoms with Gasteiger partial charge < -0.3 is 10.2 Å². The summed E-state index contributed by atoms with van der Waals surface area (Å²) in [5, 5.41) is 6.96. The van der Waals surface area contributed by atoms with Crippen LogP contribution in [0.4, 0.5) is 0 Å². The highest BCUT2D eigenvalue weighted by molar-refractivity contribution is 7.89. The van der Waals surface area contributed by atoms with Crippen LogP contribution in [0.25, 0.3) is 0 Å². The summed E-state index contributed by atoms with van der Waals surface area (Å²) in [5.74, 6) is -0.181. The van der Waals surface area contributed by atoms with Crippen molar-refractivity contribution in [2.45, 2.75) is 31.2 Å². The van der Waals surface area contributed by atoms with Gasteiger partial charge in [-0.05, 0) is 73.6 Å². The minimum atomic E-state index is -3.61. The number of benzene rings is 1. The molecule has 0 spiro atoms. The molecule has 0 fully saturated rings. The Morgan fingerprint density at radius 2 is 1.93 bits per heavy atom. The molecular formula is C19H27N3O3S2. The predicted molar refractivity (Wildman–Crippen MR) is 109 cm³/mol. The lowest BCUT2D eigenvalue weighted by Gasteiger charge is -2.24. The van der Waals surface area contributed by atoms with Crippen LogP contribution in [0, 0.1) is 13.8 Å². The van der Waals surface area contributed by atoms with Gasteiger partial charge in [0.1, 0.15) is 0 Å². The van der Waals surface area contributed by atoms with Crippen LogP contribution in [0.3, 0.4) is 0 Å². The molecule has 0 aliphatic rings. The number of carbonyl (C=O) groups is 1. The van der Waals surface area contributed by atoms with Crippen molar-refractivity contribution in [2.24, 2.45) is 0 Å². The fourth-order valence-electron chi connectivity index (χ4n) is 2.63. The summed E-state index contributed by atoms with van der Waals surface area (Å²) in [5.41, 5.74) is 3.11. The molecule has 148 valence electrons. The number of thiophene rings is 1. The number of aryl methyl sites for hydroxylation is 2. The van der Waals surface area contributed by atoms with E-state index in [-0.39, 0.29) is 29.8 Å². The Bertz CT molecular complexity index is 862. The van der Waals surface area contributed by atoms with Crippen molar-refractivity contribution < 1.29 is 13.2 Å². The van der Waals surface area contributed by atoms with E-state index in [1.54, 1.807) is 29.5 Å². The molecule has 8 heteroatoms. The predicted octanol–water partition coefficient (Wildman–Crippen LogP) is 2.45. The van der Waals surface area contributed by atoms with Crippen LogP contribution in [0.5, 0.6) is 0 Å². The van der Waals surface area contributed by atoms with E-state index >= 15 is 0 Å². The SMILES string of the molecule is Cc1ccc(S(=O)(=O)NCCC(=O)NCC(c2ccsc2)N(C)C)cc1C. The molecule has 1 unspecified atom stereocenters. The number of sulfonamides is 1. The fourth-order valence-corrected chi connectivity index (χ4v) is 4.45. The molecule has 0 aliphatic carbocycles. The molecule has 1 heterocycles. The first-order chi connectivity index (χ1) is 12.7. The van der Waals surface area contributed by atoms with Crippen LogP contribution in [-0.4, -0.2) is 46.4 Å². The van der Waals surface area contributed by atoms with Gasteiger partial charge in [0.2, 0.25) is 15.9 Å². The van der Waals surface area contributed by atoms with Crippen molar-refractivity contribution in [2.75, 3.05) is 27.2 Å². The zero-order valence-electron chi connectivity index (χ0n) is 16.2. The highest BCUT2D eigenvalue weighted by atomic mass is 32.2. The van der Waals surface area contributed by atoms with E-state index < -0.39 is 10.0 Å². The monoisotopic (exact) mass is 409 g/mol. The third kappa shape index (κ3) is 6.14. The third-order valence-electron chi connectivity index (χ3n) is 4.48. The molecular weight excluding hydrogens is 382 g/mol. The van der Waals surface area contributed by atoms with E-state index in [4.69, 9.17) is 0 Å². The van der Waals surface area contributed by atoms with E-state index in [9.17, 15) is 13.2 Å². The lowest BCUT2D eigenvalue weighted by atomic mass is 10.1. The van der Waals surface area contributed by atoms with Crippen LogP contribution in [0.2, 0.25) is 0 Å². The number of nitrogens with one attached hydrogen (secondary N) is 2. The minimum absolute atomic E-state index is 0.0617. The first-order valence-corrected chi connectivity index (χ1v) is 11.2. The second kappa shape index (κ2) is 9.45. The maximum Gasteiger partial charge on any atom is 0.240 e. The first kappa shape index (κ1) is 21.6. The molecule has 1 aromatic carbocycles. The van der Waals surface area contributed by atoms with E-state index in [1.807, 2.05) is 44.3 Å². The summed E-state index contributed by atoms with van der Waals surface area (Å²) in [6.07, 6.45) is 0.0911. The van der Waals surface area contributed by atoms with Gasteiger partial charge in [0.05, 0.1) is 10.9 Å². The highest BCUT2D eigenvalue weighted by Crippen LogP contribution is 2.20. The molecule has 2 rings (SSSR count). The van der Waals surface area contributed by atoms with Gasteiger partial charge in [-0.3, -0.25) is 4.79 Å². The van der Waals surface area contributed by atoms with Crippen LogP contribution in [-0.2, 0) is 14.8 Å². The molecule has 0 saturated carbocycles. The van der Waals surface area contributed by atoms with Gasteiger partial charge in [-0.25, -0.2) is 13.1 Å². The van der Waals surface area contributed by atoms with Crippen molar-refractivity contribution in [1.29, 1.82) is 0 Å². The van der Waals surface area contributed by atoms with Crippen LogP contribution < -0.4 is 10.0 Å². The normalized spacial score (nSPS) is 12.9. The van der Waals surface area contributed by atoms with E-state index in [2.05, 4.69) is 15.4 Å². The molecule has 0 radical (unpaired) electrons. The van der Waals surface area contributed by atoms with Crippen LogP contribution in [0.1, 0.15) is 29.2 Å². The van der Waals surface area contributed by atoms with Crippen molar-refractivity contribution in [3.05, 3.63) is 51.7 Å². The minimum Gasteiger partial charge on any atom is -0.354 e. The Kier molecular flexibility index (Phi) is 7.55. The average molecular weight is 410 g/mol. The van der Waals surface area contributed by atoms with Gasteiger partial charge in [-0.15, -0.1) is 0 Å². The summed E-state index contributed by atoms with van der Waals surface area (Å²) in [6, 6.07) is 7.13. The number of rotatable bonds is 9. The van der Waals surface area contributed by atoms with E-state index in [0.717, 1.165) is 16.7 Å². The largest absolute Gasteiger partial charge is 0.354 e. The number of nitrogens with zero attached hydrogens (tertiary/aromatic N) is 1. The average Bonchev–Trinajstić information content (AvgIpc) is 3.11.